The summed E-state index contributed by atoms with van der Waals surface area (Å²) in [5, 5.41) is 7.57. The van der Waals surface area contributed by atoms with E-state index in [9.17, 15) is 18.0 Å². The van der Waals surface area contributed by atoms with Gasteiger partial charge in [0.2, 0.25) is 0 Å². The van der Waals surface area contributed by atoms with Gasteiger partial charge >= 0.3 is 6.18 Å². The van der Waals surface area contributed by atoms with E-state index in [4.69, 9.17) is 0 Å². The number of nitrogens with one attached hydrogen (secondary N) is 1. The van der Waals surface area contributed by atoms with Gasteiger partial charge < -0.3 is 5.32 Å². The Morgan fingerprint density at radius 2 is 1.76 bits per heavy atom. The number of hydrogen-bond donors (Lipinski definition) is 1. The molecule has 4 aromatic rings. The highest BCUT2D eigenvalue weighted by Crippen LogP contribution is 2.31. The maximum absolute atomic E-state index is 12.7. The van der Waals surface area contributed by atoms with Crippen LogP contribution in [0.15, 0.2) is 67.0 Å². The van der Waals surface area contributed by atoms with Crippen molar-refractivity contribution in [2.75, 3.05) is 5.32 Å². The molecule has 0 unspecified atom stereocenters. The number of hydrogen-bond acceptors (Lipinski definition) is 3. The number of amides is 1. The minimum Gasteiger partial charge on any atom is -0.321 e. The van der Waals surface area contributed by atoms with Gasteiger partial charge in [-0.2, -0.15) is 18.3 Å². The van der Waals surface area contributed by atoms with E-state index in [1.165, 1.54) is 16.8 Å². The molecule has 4 rings (SSSR count). The molecule has 0 fully saturated rings. The SMILES string of the molecule is Cn1nccc1C(=O)Nc1ccc2cc(-c3ccc(C(F)(F)F)cc3)cnc2c1. The minimum atomic E-state index is -4.36. The average Bonchev–Trinajstić information content (AvgIpc) is 3.13. The van der Waals surface area contributed by atoms with Crippen molar-refractivity contribution in [3.63, 3.8) is 0 Å². The van der Waals surface area contributed by atoms with Gasteiger partial charge in [-0.05, 0) is 42.0 Å². The third kappa shape index (κ3) is 3.82. The molecule has 0 spiro atoms. The second-order valence-corrected chi connectivity index (χ2v) is 6.50. The van der Waals surface area contributed by atoms with Crippen molar-refractivity contribution < 1.29 is 18.0 Å². The van der Waals surface area contributed by atoms with E-state index in [0.29, 0.717) is 28.0 Å². The molecule has 5 nitrogen and oxygen atoms in total. The van der Waals surface area contributed by atoms with Gasteiger partial charge in [-0.25, -0.2) is 0 Å². The van der Waals surface area contributed by atoms with Gasteiger partial charge in [0.15, 0.2) is 0 Å². The van der Waals surface area contributed by atoms with E-state index in [1.54, 1.807) is 43.7 Å². The summed E-state index contributed by atoms with van der Waals surface area (Å²) in [6, 6.07) is 13.7. The van der Waals surface area contributed by atoms with Crippen LogP contribution in [-0.4, -0.2) is 20.7 Å². The number of pyridine rings is 1. The van der Waals surface area contributed by atoms with Crippen LogP contribution in [-0.2, 0) is 13.2 Å². The number of anilines is 1. The zero-order valence-electron chi connectivity index (χ0n) is 15.2. The van der Waals surface area contributed by atoms with Crippen LogP contribution in [0.2, 0.25) is 0 Å². The van der Waals surface area contributed by atoms with Crippen LogP contribution in [0.4, 0.5) is 18.9 Å². The lowest BCUT2D eigenvalue weighted by Gasteiger charge is -2.09. The fraction of sp³-hybridized carbons (Fsp3) is 0.0952. The van der Waals surface area contributed by atoms with Crippen molar-refractivity contribution in [1.29, 1.82) is 0 Å². The number of rotatable bonds is 3. The smallest absolute Gasteiger partial charge is 0.321 e. The second-order valence-electron chi connectivity index (χ2n) is 6.50. The zero-order valence-corrected chi connectivity index (χ0v) is 15.2. The molecule has 1 N–H and O–H groups in total. The van der Waals surface area contributed by atoms with Crippen LogP contribution in [0.5, 0.6) is 0 Å². The first-order valence-electron chi connectivity index (χ1n) is 8.68. The van der Waals surface area contributed by atoms with Crippen LogP contribution < -0.4 is 5.32 Å². The van der Waals surface area contributed by atoms with Crippen molar-refractivity contribution in [1.82, 2.24) is 14.8 Å². The van der Waals surface area contributed by atoms with Crippen molar-refractivity contribution >= 4 is 22.5 Å². The number of benzene rings is 2. The lowest BCUT2D eigenvalue weighted by atomic mass is 10.0. The first-order valence-corrected chi connectivity index (χ1v) is 8.68. The molecule has 2 aromatic heterocycles. The van der Waals surface area contributed by atoms with Crippen LogP contribution in [0.1, 0.15) is 16.1 Å². The van der Waals surface area contributed by atoms with Gasteiger partial charge in [-0.3, -0.25) is 14.5 Å². The highest BCUT2D eigenvalue weighted by molar-refractivity contribution is 6.04. The van der Waals surface area contributed by atoms with Gasteiger partial charge in [0.1, 0.15) is 5.69 Å². The second kappa shape index (κ2) is 7.05. The van der Waals surface area contributed by atoms with Gasteiger partial charge in [0.25, 0.3) is 5.91 Å². The van der Waals surface area contributed by atoms with Crippen LogP contribution in [0.25, 0.3) is 22.0 Å². The van der Waals surface area contributed by atoms with Crippen molar-refractivity contribution in [2.24, 2.45) is 7.05 Å². The molecule has 2 heterocycles. The fourth-order valence-corrected chi connectivity index (χ4v) is 3.00. The molecule has 0 saturated carbocycles. The molecular formula is C21H15F3N4O. The number of halogens is 3. The van der Waals surface area contributed by atoms with Crippen LogP contribution in [0.3, 0.4) is 0 Å². The summed E-state index contributed by atoms with van der Waals surface area (Å²) in [6.07, 6.45) is -1.23. The molecule has 0 aliphatic carbocycles. The van der Waals surface area contributed by atoms with Crippen molar-refractivity contribution in [3.8, 4) is 11.1 Å². The lowest BCUT2D eigenvalue weighted by Crippen LogP contribution is -2.16. The molecule has 0 aliphatic rings. The first kappa shape index (κ1) is 18.7. The van der Waals surface area contributed by atoms with Crippen molar-refractivity contribution in [2.45, 2.75) is 6.18 Å². The fourth-order valence-electron chi connectivity index (χ4n) is 3.00. The Hall–Kier alpha value is -3.68. The van der Waals surface area contributed by atoms with Gasteiger partial charge in [-0.15, -0.1) is 0 Å². The Balaban J connectivity index is 1.59. The molecule has 8 heteroatoms. The van der Waals surface area contributed by atoms with Gasteiger partial charge in [0.05, 0.1) is 11.1 Å². The number of aryl methyl sites for hydroxylation is 1. The molecule has 0 saturated heterocycles. The third-order valence-corrected chi connectivity index (χ3v) is 4.54. The van der Waals surface area contributed by atoms with E-state index < -0.39 is 11.7 Å². The Morgan fingerprint density at radius 3 is 2.41 bits per heavy atom. The summed E-state index contributed by atoms with van der Waals surface area (Å²) in [6.45, 7) is 0. The molecule has 146 valence electrons. The number of nitrogens with zero attached hydrogens (tertiary/aromatic N) is 3. The maximum atomic E-state index is 12.7. The summed E-state index contributed by atoms with van der Waals surface area (Å²) in [5.74, 6) is -0.286. The van der Waals surface area contributed by atoms with Crippen LogP contribution in [0, 0.1) is 0 Å². The maximum Gasteiger partial charge on any atom is 0.416 e. The van der Waals surface area contributed by atoms with Crippen LogP contribution >= 0.6 is 0 Å². The lowest BCUT2D eigenvalue weighted by molar-refractivity contribution is -0.137. The molecular weight excluding hydrogens is 381 g/mol. The highest BCUT2D eigenvalue weighted by atomic mass is 19.4. The van der Waals surface area contributed by atoms with E-state index in [1.807, 2.05) is 6.07 Å². The molecule has 0 radical (unpaired) electrons. The van der Waals surface area contributed by atoms with E-state index in [-0.39, 0.29) is 5.91 Å². The number of alkyl halides is 3. The molecule has 0 atom stereocenters. The van der Waals surface area contributed by atoms with E-state index in [0.717, 1.165) is 17.5 Å². The number of aromatic nitrogens is 3. The Bertz CT molecular complexity index is 1200. The molecule has 0 aliphatic heterocycles. The normalized spacial score (nSPS) is 11.6. The number of carbonyl (C=O) groups is 1. The van der Waals surface area contributed by atoms with Gasteiger partial charge in [-0.1, -0.05) is 18.2 Å². The molecule has 29 heavy (non-hydrogen) atoms. The number of carbonyl (C=O) groups excluding carboxylic acids is 1. The largest absolute Gasteiger partial charge is 0.416 e. The summed E-state index contributed by atoms with van der Waals surface area (Å²) < 4.78 is 39.6. The van der Waals surface area contributed by atoms with E-state index in [2.05, 4.69) is 15.4 Å². The summed E-state index contributed by atoms with van der Waals surface area (Å²) >= 11 is 0. The third-order valence-electron chi connectivity index (χ3n) is 4.54. The monoisotopic (exact) mass is 396 g/mol. The zero-order chi connectivity index (χ0) is 20.6. The van der Waals surface area contributed by atoms with Gasteiger partial charge in [0, 0.05) is 36.1 Å². The summed E-state index contributed by atoms with van der Waals surface area (Å²) in [4.78, 5) is 16.7. The van der Waals surface area contributed by atoms with Crippen molar-refractivity contribution in [3.05, 3.63) is 78.2 Å². The number of fused-ring (bicyclic) bond motifs is 1. The summed E-state index contributed by atoms with van der Waals surface area (Å²) in [7, 11) is 1.68. The standard InChI is InChI=1S/C21H15F3N4O/c1-28-19(8-9-26-28)20(29)27-17-7-4-14-10-15(12-25-18(14)11-17)13-2-5-16(6-3-13)21(22,23)24/h2-12H,1H3,(H,27,29). The topological polar surface area (TPSA) is 59.8 Å². The Kier molecular flexibility index (Phi) is 4.54. The predicted molar refractivity (Wildman–Crippen MR) is 103 cm³/mol. The molecule has 1 amide bonds. The Labute approximate surface area is 163 Å². The Morgan fingerprint density at radius 1 is 1.00 bits per heavy atom. The quantitative estimate of drug-likeness (QED) is 0.536. The van der Waals surface area contributed by atoms with E-state index >= 15 is 0 Å². The molecule has 2 aromatic carbocycles. The minimum absolute atomic E-state index is 0.286. The summed E-state index contributed by atoms with van der Waals surface area (Å²) in [5.41, 5.74) is 2.32. The molecule has 0 bridgehead atoms. The highest BCUT2D eigenvalue weighted by Gasteiger charge is 2.29. The predicted octanol–water partition coefficient (Wildman–Crippen LogP) is 4.91. The average molecular weight is 396 g/mol. The first-order chi connectivity index (χ1) is 13.8.